The van der Waals surface area contributed by atoms with Crippen LogP contribution in [0, 0.1) is 10.1 Å². The Bertz CT molecular complexity index is 979. The number of halogens is 2. The first-order valence-electron chi connectivity index (χ1n) is 6.58. The molecule has 1 aromatic heterocycles. The highest BCUT2D eigenvalue weighted by molar-refractivity contribution is 6.31. The van der Waals surface area contributed by atoms with E-state index in [1.54, 1.807) is 42.5 Å². The van der Waals surface area contributed by atoms with Crippen molar-refractivity contribution in [2.75, 3.05) is 0 Å². The van der Waals surface area contributed by atoms with Gasteiger partial charge in [0, 0.05) is 10.0 Å². The topological polar surface area (TPSA) is 98.5 Å². The van der Waals surface area contributed by atoms with Gasteiger partial charge in [-0.3, -0.25) is 0 Å². The Hall–Kier alpha value is -2.84. The third-order valence-electron chi connectivity index (χ3n) is 3.03. The van der Waals surface area contributed by atoms with Gasteiger partial charge in [-0.05, 0) is 52.2 Å². The number of hydrogen-bond acceptors (Lipinski definition) is 5. The highest BCUT2D eigenvalue weighted by Gasteiger charge is 2.24. The Morgan fingerprint density at radius 2 is 1.83 bits per heavy atom. The molecule has 3 aromatic rings. The highest BCUT2D eigenvalue weighted by atomic mass is 35.5. The summed E-state index contributed by atoms with van der Waals surface area (Å²) in [7, 11) is 0. The molecule has 0 saturated carbocycles. The highest BCUT2D eigenvalue weighted by Crippen LogP contribution is 2.18. The largest absolute Gasteiger partial charge is 0.438 e. The van der Waals surface area contributed by atoms with E-state index in [1.165, 1.54) is 6.07 Å². The quantitative estimate of drug-likeness (QED) is 0.437. The summed E-state index contributed by atoms with van der Waals surface area (Å²) in [6.07, 6.45) is 0. The first-order chi connectivity index (χ1) is 11.5. The molecule has 0 unspecified atom stereocenters. The number of nitro groups is 1. The van der Waals surface area contributed by atoms with E-state index in [9.17, 15) is 15.3 Å². The van der Waals surface area contributed by atoms with Crippen LogP contribution in [0.25, 0.3) is 5.69 Å². The summed E-state index contributed by atoms with van der Waals surface area (Å²) in [5.41, 5.74) is 0.374. The molecule has 8 nitrogen and oxygen atoms in total. The molecule has 3 rings (SSSR count). The van der Waals surface area contributed by atoms with Gasteiger partial charge in [-0.1, -0.05) is 34.1 Å². The maximum Gasteiger partial charge on any atom is 0.438 e. The molecule has 0 bridgehead atoms. The molecule has 0 saturated heterocycles. The maximum atomic E-state index is 11.2. The fraction of sp³-hybridized carbons (Fsp3) is 0. The molecule has 0 radical (unpaired) electrons. The lowest BCUT2D eigenvalue weighted by Gasteiger charge is -1.99. The first-order valence-corrected chi connectivity index (χ1v) is 7.33. The molecule has 1 N–H and O–H groups in total. The molecule has 2 aromatic carbocycles. The van der Waals surface area contributed by atoms with E-state index in [-0.39, 0.29) is 5.49 Å². The second-order valence-corrected chi connectivity index (χ2v) is 5.52. The van der Waals surface area contributed by atoms with Crippen molar-refractivity contribution < 1.29 is 10.1 Å². The molecular weight excluding hydrogens is 357 g/mol. The summed E-state index contributed by atoms with van der Waals surface area (Å²) < 4.78 is 0. The molecule has 122 valence electrons. The summed E-state index contributed by atoms with van der Waals surface area (Å²) in [6.45, 7) is 0. The molecule has 0 aliphatic rings. The third kappa shape index (κ3) is 3.10. The van der Waals surface area contributed by atoms with Crippen LogP contribution in [0.3, 0.4) is 0 Å². The Labute approximate surface area is 144 Å². The van der Waals surface area contributed by atoms with Crippen LogP contribution >= 0.6 is 23.2 Å². The van der Waals surface area contributed by atoms with Crippen LogP contribution in [0.1, 0.15) is 0 Å². The van der Waals surface area contributed by atoms with Crippen LogP contribution in [0.5, 0.6) is 0 Å². The van der Waals surface area contributed by atoms with E-state index in [2.05, 4.69) is 10.1 Å². The lowest BCUT2D eigenvalue weighted by Crippen LogP contribution is -2.21. The van der Waals surface area contributed by atoms with Crippen molar-refractivity contribution in [3.8, 4) is 5.69 Å². The minimum atomic E-state index is -0.734. The molecule has 0 aliphatic carbocycles. The van der Waals surface area contributed by atoms with E-state index >= 15 is 0 Å². The van der Waals surface area contributed by atoms with Gasteiger partial charge in [0.1, 0.15) is 5.69 Å². The average Bonchev–Trinajstić information content (AvgIpc) is 2.86. The van der Waals surface area contributed by atoms with Crippen LogP contribution in [-0.2, 0) is 0 Å². The van der Waals surface area contributed by atoms with Crippen LogP contribution in [-0.4, -0.2) is 24.9 Å². The zero-order valence-corrected chi connectivity index (χ0v) is 13.4. The summed E-state index contributed by atoms with van der Waals surface area (Å²) in [4.78, 5) is 16.0. The van der Waals surface area contributed by atoms with Gasteiger partial charge in [-0.2, -0.15) is 0 Å². The standard InChI is InChI=1S/C14H9Cl2N5O3/c15-9-4-6-12(7-5-9)19-18-14(21(23)24)13(20(19)22)17-11-3-1-2-10(16)8-11/h1-8,22H. The van der Waals surface area contributed by atoms with Crippen molar-refractivity contribution in [3.05, 3.63) is 74.2 Å². The van der Waals surface area contributed by atoms with E-state index < -0.39 is 10.7 Å². The van der Waals surface area contributed by atoms with Gasteiger partial charge in [-0.15, -0.1) is 0 Å². The Morgan fingerprint density at radius 1 is 1.12 bits per heavy atom. The molecule has 1 heterocycles. The van der Waals surface area contributed by atoms with Gasteiger partial charge in [0.15, 0.2) is 0 Å². The average molecular weight is 366 g/mol. The van der Waals surface area contributed by atoms with Gasteiger partial charge in [0.25, 0.3) is 5.49 Å². The lowest BCUT2D eigenvalue weighted by molar-refractivity contribution is -0.391. The summed E-state index contributed by atoms with van der Waals surface area (Å²) in [6, 6.07) is 12.6. The second-order valence-electron chi connectivity index (χ2n) is 4.65. The van der Waals surface area contributed by atoms with Gasteiger partial charge >= 0.3 is 5.82 Å². The number of nitrogens with zero attached hydrogens (tertiary/aromatic N) is 5. The van der Waals surface area contributed by atoms with Crippen LogP contribution in [0.15, 0.2) is 53.5 Å². The van der Waals surface area contributed by atoms with E-state index in [4.69, 9.17) is 23.2 Å². The molecule has 10 heteroatoms. The van der Waals surface area contributed by atoms with Crippen molar-refractivity contribution in [1.29, 1.82) is 0 Å². The minimum absolute atomic E-state index is 0.336. The zero-order valence-electron chi connectivity index (χ0n) is 11.9. The Morgan fingerprint density at radius 3 is 2.46 bits per heavy atom. The maximum absolute atomic E-state index is 11.2. The van der Waals surface area contributed by atoms with Gasteiger partial charge < -0.3 is 15.3 Å². The molecule has 0 atom stereocenters. The predicted octanol–water partition coefficient (Wildman–Crippen LogP) is 3.36. The minimum Gasteiger partial charge on any atom is -0.409 e. The predicted molar refractivity (Wildman–Crippen MR) is 87.1 cm³/mol. The van der Waals surface area contributed by atoms with Gasteiger partial charge in [0.05, 0.1) is 10.8 Å². The smallest absolute Gasteiger partial charge is 0.409 e. The Balaban J connectivity index is 2.22. The van der Waals surface area contributed by atoms with Crippen molar-refractivity contribution in [2.24, 2.45) is 4.99 Å². The van der Waals surface area contributed by atoms with Gasteiger partial charge in [0.2, 0.25) is 0 Å². The van der Waals surface area contributed by atoms with Crippen LogP contribution in [0.2, 0.25) is 10.0 Å². The Kier molecular flexibility index (Phi) is 4.24. The first kappa shape index (κ1) is 16.0. The number of aromatic nitrogens is 3. The molecule has 0 aliphatic heterocycles. The molecule has 0 amide bonds. The van der Waals surface area contributed by atoms with Crippen molar-refractivity contribution >= 4 is 34.7 Å². The summed E-state index contributed by atoms with van der Waals surface area (Å²) in [5, 5.41) is 26.2. The lowest BCUT2D eigenvalue weighted by atomic mass is 10.3. The fourth-order valence-electron chi connectivity index (χ4n) is 1.98. The summed E-state index contributed by atoms with van der Waals surface area (Å²) in [5.74, 6) is -0.604. The normalized spacial score (nSPS) is 11.7. The van der Waals surface area contributed by atoms with E-state index in [0.29, 0.717) is 26.3 Å². The molecular formula is C14H9Cl2N5O3. The summed E-state index contributed by atoms with van der Waals surface area (Å²) >= 11 is 11.7. The third-order valence-corrected chi connectivity index (χ3v) is 3.52. The van der Waals surface area contributed by atoms with E-state index in [0.717, 1.165) is 4.80 Å². The number of rotatable bonds is 3. The fourth-order valence-corrected chi connectivity index (χ4v) is 2.29. The SMILES string of the molecule is O=[N+]([O-])c1nn(-c2ccc(Cl)cc2)n(O)c1=Nc1cccc(Cl)c1. The van der Waals surface area contributed by atoms with Crippen molar-refractivity contribution in [1.82, 2.24) is 14.7 Å². The van der Waals surface area contributed by atoms with Crippen molar-refractivity contribution in [2.45, 2.75) is 0 Å². The number of hydrogen-bond donors (Lipinski definition) is 1. The molecule has 0 fully saturated rings. The van der Waals surface area contributed by atoms with Crippen LogP contribution < -0.4 is 5.49 Å². The van der Waals surface area contributed by atoms with E-state index in [1.807, 2.05) is 0 Å². The van der Waals surface area contributed by atoms with Crippen LogP contribution in [0.4, 0.5) is 11.5 Å². The molecule has 0 spiro atoms. The number of benzene rings is 2. The van der Waals surface area contributed by atoms with Crippen molar-refractivity contribution in [3.63, 3.8) is 0 Å². The monoisotopic (exact) mass is 365 g/mol. The second kappa shape index (κ2) is 6.34. The zero-order chi connectivity index (χ0) is 17.3. The van der Waals surface area contributed by atoms with Gasteiger partial charge in [-0.25, -0.2) is 4.99 Å². The molecule has 24 heavy (non-hydrogen) atoms.